The Morgan fingerprint density at radius 1 is 1.53 bits per heavy atom. The zero-order chi connectivity index (χ0) is 10.6. The molecule has 2 nitrogen and oxygen atoms in total. The van der Waals surface area contributed by atoms with Crippen molar-refractivity contribution >= 4 is 21.8 Å². The summed E-state index contributed by atoms with van der Waals surface area (Å²) in [6.45, 7) is 0. The van der Waals surface area contributed by atoms with Gasteiger partial charge >= 0.3 is 0 Å². The monoisotopic (exact) mass is 265 g/mol. The van der Waals surface area contributed by atoms with Crippen LogP contribution in [-0.2, 0) is 16.6 Å². The number of primary amides is 1. The molecule has 2 aliphatic carbocycles. The number of aryl methyl sites for hydroxylation is 1. The summed E-state index contributed by atoms with van der Waals surface area (Å²) in [5.74, 6) is -0.0503. The molecule has 0 radical (unpaired) electrons. The maximum Gasteiger partial charge on any atom is 0.221 e. The maximum atomic E-state index is 11.2. The van der Waals surface area contributed by atoms with Gasteiger partial charge in [-0.05, 0) is 42.5 Å². The van der Waals surface area contributed by atoms with E-state index in [0.717, 1.165) is 23.7 Å². The molecule has 1 fully saturated rings. The molecule has 0 bridgehead atoms. The van der Waals surface area contributed by atoms with E-state index in [9.17, 15) is 4.79 Å². The molecule has 3 heteroatoms. The Hall–Kier alpha value is -0.830. The summed E-state index contributed by atoms with van der Waals surface area (Å²) in [5, 5.41) is 0. The topological polar surface area (TPSA) is 43.1 Å². The lowest BCUT2D eigenvalue weighted by Crippen LogP contribution is -2.19. The Bertz CT molecular complexity index is 457. The zero-order valence-electron chi connectivity index (χ0n) is 8.29. The van der Waals surface area contributed by atoms with Crippen molar-refractivity contribution in [2.24, 2.45) is 11.7 Å². The summed E-state index contributed by atoms with van der Waals surface area (Å²) in [6.07, 6.45) is 3.13. The van der Waals surface area contributed by atoms with Gasteiger partial charge in [-0.2, -0.15) is 0 Å². The van der Waals surface area contributed by atoms with Crippen LogP contribution in [0.5, 0.6) is 0 Å². The van der Waals surface area contributed by atoms with Gasteiger partial charge in [0.05, 0.1) is 0 Å². The molecule has 3 rings (SSSR count). The summed E-state index contributed by atoms with van der Waals surface area (Å²) in [4.78, 5) is 11.2. The molecule has 0 heterocycles. The van der Waals surface area contributed by atoms with E-state index in [2.05, 4.69) is 34.1 Å². The van der Waals surface area contributed by atoms with Gasteiger partial charge in [-0.15, -0.1) is 0 Å². The molecule has 0 saturated heterocycles. The number of carbonyl (C=O) groups is 1. The Morgan fingerprint density at radius 2 is 2.33 bits per heavy atom. The molecule has 78 valence electrons. The van der Waals surface area contributed by atoms with Crippen LogP contribution in [0.25, 0.3) is 0 Å². The summed E-state index contributed by atoms with van der Waals surface area (Å²) in [5.41, 5.74) is 8.24. The fourth-order valence-electron chi connectivity index (χ4n) is 3.00. The van der Waals surface area contributed by atoms with E-state index in [1.54, 1.807) is 0 Å². The molecule has 1 amide bonds. The third kappa shape index (κ3) is 1.19. The van der Waals surface area contributed by atoms with Crippen molar-refractivity contribution in [3.8, 4) is 0 Å². The van der Waals surface area contributed by atoms with Crippen LogP contribution in [0.2, 0.25) is 0 Å². The van der Waals surface area contributed by atoms with E-state index in [4.69, 9.17) is 5.73 Å². The van der Waals surface area contributed by atoms with Crippen LogP contribution in [0.15, 0.2) is 22.7 Å². The molecule has 15 heavy (non-hydrogen) atoms. The number of hydrogen-bond acceptors (Lipinski definition) is 1. The van der Waals surface area contributed by atoms with Crippen molar-refractivity contribution in [3.05, 3.63) is 33.8 Å². The number of hydrogen-bond donors (Lipinski definition) is 1. The average molecular weight is 266 g/mol. The minimum Gasteiger partial charge on any atom is -0.369 e. The number of rotatable bonds is 1. The lowest BCUT2D eigenvalue weighted by atomic mass is 9.95. The highest BCUT2D eigenvalue weighted by Crippen LogP contribution is 2.61. The maximum absolute atomic E-state index is 11.2. The van der Waals surface area contributed by atoms with Crippen molar-refractivity contribution in [1.29, 1.82) is 0 Å². The molecule has 1 spiro atoms. The predicted molar refractivity (Wildman–Crippen MR) is 61.4 cm³/mol. The number of nitrogens with two attached hydrogens (primary N) is 1. The molecule has 2 aliphatic rings. The van der Waals surface area contributed by atoms with Crippen LogP contribution in [0.3, 0.4) is 0 Å². The van der Waals surface area contributed by atoms with Gasteiger partial charge in [-0.3, -0.25) is 4.79 Å². The van der Waals surface area contributed by atoms with Gasteiger partial charge in [0.25, 0.3) is 0 Å². The highest BCUT2D eigenvalue weighted by molar-refractivity contribution is 9.10. The molecular formula is C12H12BrNO. The molecule has 0 aliphatic heterocycles. The van der Waals surface area contributed by atoms with Crippen LogP contribution in [0, 0.1) is 5.92 Å². The quantitative estimate of drug-likeness (QED) is 0.831. The average Bonchev–Trinajstić information content (AvgIpc) is 2.80. The minimum atomic E-state index is -0.134. The Labute approximate surface area is 97.0 Å². The Kier molecular flexibility index (Phi) is 1.78. The second-order valence-corrected chi connectivity index (χ2v) is 5.53. The lowest BCUT2D eigenvalue weighted by molar-refractivity contribution is -0.119. The smallest absolute Gasteiger partial charge is 0.221 e. The van der Waals surface area contributed by atoms with Gasteiger partial charge in [0, 0.05) is 15.8 Å². The number of carbonyl (C=O) groups excluding carboxylic acids is 1. The van der Waals surface area contributed by atoms with E-state index in [-0.39, 0.29) is 17.2 Å². The van der Waals surface area contributed by atoms with E-state index in [1.165, 1.54) is 11.1 Å². The first-order valence-corrected chi connectivity index (χ1v) is 6.01. The summed E-state index contributed by atoms with van der Waals surface area (Å²) in [6, 6.07) is 6.37. The van der Waals surface area contributed by atoms with E-state index < -0.39 is 0 Å². The van der Waals surface area contributed by atoms with Crippen molar-refractivity contribution in [2.75, 3.05) is 0 Å². The van der Waals surface area contributed by atoms with Crippen molar-refractivity contribution in [3.63, 3.8) is 0 Å². The fourth-order valence-corrected chi connectivity index (χ4v) is 3.41. The van der Waals surface area contributed by atoms with Crippen molar-refractivity contribution < 1.29 is 4.79 Å². The van der Waals surface area contributed by atoms with E-state index in [0.29, 0.717) is 0 Å². The van der Waals surface area contributed by atoms with Crippen LogP contribution in [-0.4, -0.2) is 5.91 Å². The number of benzene rings is 1. The van der Waals surface area contributed by atoms with Crippen molar-refractivity contribution in [2.45, 2.75) is 24.7 Å². The van der Waals surface area contributed by atoms with Crippen LogP contribution in [0.4, 0.5) is 0 Å². The normalized spacial score (nSPS) is 31.7. The van der Waals surface area contributed by atoms with Crippen molar-refractivity contribution in [1.82, 2.24) is 0 Å². The number of halogens is 1. The summed E-state index contributed by atoms with van der Waals surface area (Å²) >= 11 is 3.48. The highest BCUT2D eigenvalue weighted by Gasteiger charge is 2.60. The zero-order valence-corrected chi connectivity index (χ0v) is 9.88. The summed E-state index contributed by atoms with van der Waals surface area (Å²) in [7, 11) is 0. The third-order valence-corrected chi connectivity index (χ3v) is 4.36. The van der Waals surface area contributed by atoms with Gasteiger partial charge in [0.2, 0.25) is 5.91 Å². The number of fused-ring (bicyclic) bond motifs is 2. The van der Waals surface area contributed by atoms with Gasteiger partial charge in [-0.1, -0.05) is 22.0 Å². The van der Waals surface area contributed by atoms with Gasteiger partial charge < -0.3 is 5.73 Å². The Morgan fingerprint density at radius 3 is 3.00 bits per heavy atom. The first-order valence-electron chi connectivity index (χ1n) is 5.22. The lowest BCUT2D eigenvalue weighted by Gasteiger charge is -2.09. The highest BCUT2D eigenvalue weighted by atomic mass is 79.9. The van der Waals surface area contributed by atoms with Crippen LogP contribution in [0.1, 0.15) is 24.0 Å². The molecule has 1 aromatic carbocycles. The first-order chi connectivity index (χ1) is 7.13. The van der Waals surface area contributed by atoms with Gasteiger partial charge in [-0.25, -0.2) is 0 Å². The molecule has 1 saturated carbocycles. The standard InChI is InChI=1S/C12H12BrNO/c13-8-1-2-9-7(5-8)3-4-12(9)6-10(12)11(14)15/h1-2,5,10H,3-4,6H2,(H2,14,15)/t10-,12+/m0/s1. The van der Waals surface area contributed by atoms with E-state index in [1.807, 2.05) is 0 Å². The molecular weight excluding hydrogens is 254 g/mol. The second kappa shape index (κ2) is 2.85. The molecule has 2 N–H and O–H groups in total. The molecule has 1 aromatic rings. The summed E-state index contributed by atoms with van der Waals surface area (Å²) < 4.78 is 1.12. The minimum absolute atomic E-state index is 0.0833. The van der Waals surface area contributed by atoms with Crippen LogP contribution >= 0.6 is 15.9 Å². The molecule has 2 atom stereocenters. The Balaban J connectivity index is 2.04. The predicted octanol–water partition coefficient (Wildman–Crippen LogP) is 2.14. The van der Waals surface area contributed by atoms with Gasteiger partial charge in [0.1, 0.15) is 0 Å². The fraction of sp³-hybridized carbons (Fsp3) is 0.417. The SMILES string of the molecule is NC(=O)[C@@H]1C[C@@]12CCc1cc(Br)ccc12. The molecule has 0 unspecified atom stereocenters. The second-order valence-electron chi connectivity index (χ2n) is 4.62. The van der Waals surface area contributed by atoms with E-state index >= 15 is 0 Å². The first kappa shape index (κ1) is 9.40. The third-order valence-electron chi connectivity index (χ3n) is 3.86. The number of amides is 1. The van der Waals surface area contributed by atoms with Gasteiger partial charge in [0.15, 0.2) is 0 Å². The largest absolute Gasteiger partial charge is 0.369 e. The van der Waals surface area contributed by atoms with Crippen LogP contribution < -0.4 is 5.73 Å². The molecule has 0 aromatic heterocycles.